The van der Waals surface area contributed by atoms with Crippen molar-refractivity contribution >= 4 is 5.91 Å². The Kier molecular flexibility index (Phi) is 4.59. The van der Waals surface area contributed by atoms with Gasteiger partial charge in [-0.2, -0.15) is 0 Å². The predicted molar refractivity (Wildman–Crippen MR) is 78.1 cm³/mol. The SMILES string of the molecule is CC(C)NC1CCN(CC(C)c2ccccc2)C1=O. The van der Waals surface area contributed by atoms with Gasteiger partial charge in [-0.3, -0.25) is 4.79 Å². The van der Waals surface area contributed by atoms with E-state index in [0.717, 1.165) is 19.5 Å². The van der Waals surface area contributed by atoms with Crippen LogP contribution in [0.3, 0.4) is 0 Å². The Morgan fingerprint density at radius 1 is 1.26 bits per heavy atom. The molecule has 1 aliphatic heterocycles. The number of hydrogen-bond donors (Lipinski definition) is 1. The molecule has 1 heterocycles. The molecular formula is C16H24N2O. The van der Waals surface area contributed by atoms with E-state index in [-0.39, 0.29) is 11.9 Å². The van der Waals surface area contributed by atoms with E-state index in [1.165, 1.54) is 5.56 Å². The summed E-state index contributed by atoms with van der Waals surface area (Å²) in [4.78, 5) is 14.3. The summed E-state index contributed by atoms with van der Waals surface area (Å²) in [5, 5.41) is 3.34. The molecule has 1 fully saturated rings. The summed E-state index contributed by atoms with van der Waals surface area (Å²) in [6, 6.07) is 10.8. The molecule has 19 heavy (non-hydrogen) atoms. The van der Waals surface area contributed by atoms with Crippen molar-refractivity contribution in [3.63, 3.8) is 0 Å². The topological polar surface area (TPSA) is 32.3 Å². The van der Waals surface area contributed by atoms with E-state index in [9.17, 15) is 4.79 Å². The minimum atomic E-state index is 0.0166. The Balaban J connectivity index is 1.92. The standard InChI is InChI=1S/C16H24N2O/c1-12(2)17-15-9-10-18(16(15)19)11-13(3)14-7-5-4-6-8-14/h4-8,12-13,15,17H,9-11H2,1-3H3. The smallest absolute Gasteiger partial charge is 0.239 e. The summed E-state index contributed by atoms with van der Waals surface area (Å²) in [7, 11) is 0. The average molecular weight is 260 g/mol. The van der Waals surface area contributed by atoms with Crippen LogP contribution in [0.1, 0.15) is 38.7 Å². The van der Waals surface area contributed by atoms with Crippen LogP contribution in [0, 0.1) is 0 Å². The van der Waals surface area contributed by atoms with Crippen LogP contribution in [-0.2, 0) is 4.79 Å². The molecule has 1 amide bonds. The Morgan fingerprint density at radius 3 is 2.58 bits per heavy atom. The Morgan fingerprint density at radius 2 is 1.95 bits per heavy atom. The second kappa shape index (κ2) is 6.20. The van der Waals surface area contributed by atoms with Gasteiger partial charge in [0.2, 0.25) is 5.91 Å². The van der Waals surface area contributed by atoms with Gasteiger partial charge in [-0.15, -0.1) is 0 Å². The molecule has 1 aliphatic rings. The second-order valence-corrected chi connectivity index (χ2v) is 5.76. The molecule has 0 aliphatic carbocycles. The summed E-state index contributed by atoms with van der Waals surface area (Å²) in [6.07, 6.45) is 0.929. The van der Waals surface area contributed by atoms with Gasteiger partial charge in [0.1, 0.15) is 0 Å². The summed E-state index contributed by atoms with van der Waals surface area (Å²) in [5.41, 5.74) is 1.30. The molecule has 0 saturated carbocycles. The Bertz CT molecular complexity index is 416. The summed E-state index contributed by atoms with van der Waals surface area (Å²) in [6.45, 7) is 8.05. The molecule has 0 spiro atoms. The zero-order chi connectivity index (χ0) is 13.8. The van der Waals surface area contributed by atoms with E-state index < -0.39 is 0 Å². The zero-order valence-electron chi connectivity index (χ0n) is 12.1. The van der Waals surface area contributed by atoms with Gasteiger partial charge in [0, 0.05) is 19.1 Å². The van der Waals surface area contributed by atoms with Crippen molar-refractivity contribution in [2.24, 2.45) is 0 Å². The molecule has 2 unspecified atom stereocenters. The van der Waals surface area contributed by atoms with Crippen LogP contribution >= 0.6 is 0 Å². The maximum absolute atomic E-state index is 12.3. The van der Waals surface area contributed by atoms with Gasteiger partial charge < -0.3 is 10.2 Å². The van der Waals surface area contributed by atoms with Crippen molar-refractivity contribution in [3.05, 3.63) is 35.9 Å². The normalized spacial score (nSPS) is 21.2. The number of hydrogen-bond acceptors (Lipinski definition) is 2. The maximum atomic E-state index is 12.3. The Labute approximate surface area is 116 Å². The highest BCUT2D eigenvalue weighted by Crippen LogP contribution is 2.20. The lowest BCUT2D eigenvalue weighted by Crippen LogP contribution is -2.42. The van der Waals surface area contributed by atoms with E-state index in [2.05, 4.69) is 50.4 Å². The van der Waals surface area contributed by atoms with Crippen LogP contribution in [-0.4, -0.2) is 36.0 Å². The van der Waals surface area contributed by atoms with Crippen molar-refractivity contribution in [1.29, 1.82) is 0 Å². The second-order valence-electron chi connectivity index (χ2n) is 5.76. The highest BCUT2D eigenvalue weighted by atomic mass is 16.2. The van der Waals surface area contributed by atoms with Gasteiger partial charge in [-0.25, -0.2) is 0 Å². The molecule has 3 heteroatoms. The first-order valence-electron chi connectivity index (χ1n) is 7.17. The van der Waals surface area contributed by atoms with Crippen molar-refractivity contribution in [2.75, 3.05) is 13.1 Å². The van der Waals surface area contributed by atoms with Gasteiger partial charge in [-0.05, 0) is 17.9 Å². The van der Waals surface area contributed by atoms with Crippen molar-refractivity contribution < 1.29 is 4.79 Å². The molecule has 1 aromatic rings. The van der Waals surface area contributed by atoms with Crippen molar-refractivity contribution in [2.45, 2.75) is 45.2 Å². The lowest BCUT2D eigenvalue weighted by molar-refractivity contribution is -0.129. The van der Waals surface area contributed by atoms with Gasteiger partial charge in [0.15, 0.2) is 0 Å². The molecule has 1 aromatic carbocycles. The predicted octanol–water partition coefficient (Wildman–Crippen LogP) is 2.39. The summed E-state index contributed by atoms with van der Waals surface area (Å²) in [5.74, 6) is 0.652. The van der Waals surface area contributed by atoms with E-state index in [0.29, 0.717) is 12.0 Å². The first kappa shape index (κ1) is 14.1. The highest BCUT2D eigenvalue weighted by molar-refractivity contribution is 5.84. The van der Waals surface area contributed by atoms with Gasteiger partial charge in [0.25, 0.3) is 0 Å². The molecule has 104 valence electrons. The monoisotopic (exact) mass is 260 g/mol. The molecule has 2 rings (SSSR count). The van der Waals surface area contributed by atoms with E-state index in [4.69, 9.17) is 0 Å². The lowest BCUT2D eigenvalue weighted by Gasteiger charge is -2.22. The highest BCUT2D eigenvalue weighted by Gasteiger charge is 2.32. The minimum absolute atomic E-state index is 0.0166. The number of likely N-dealkylation sites (tertiary alicyclic amines) is 1. The summed E-state index contributed by atoms with van der Waals surface area (Å²) < 4.78 is 0. The zero-order valence-corrected chi connectivity index (χ0v) is 12.1. The van der Waals surface area contributed by atoms with Crippen LogP contribution < -0.4 is 5.32 Å². The molecule has 0 bridgehead atoms. The Hall–Kier alpha value is -1.35. The number of nitrogens with zero attached hydrogens (tertiary/aromatic N) is 1. The minimum Gasteiger partial charge on any atom is -0.341 e. The van der Waals surface area contributed by atoms with Gasteiger partial charge in [0.05, 0.1) is 6.04 Å². The van der Waals surface area contributed by atoms with E-state index >= 15 is 0 Å². The quantitative estimate of drug-likeness (QED) is 0.881. The van der Waals surface area contributed by atoms with Crippen molar-refractivity contribution in [3.8, 4) is 0 Å². The number of benzene rings is 1. The molecule has 0 aromatic heterocycles. The van der Waals surface area contributed by atoms with E-state index in [1.807, 2.05) is 11.0 Å². The van der Waals surface area contributed by atoms with Gasteiger partial charge in [-0.1, -0.05) is 51.1 Å². The third-order valence-corrected chi connectivity index (χ3v) is 3.69. The van der Waals surface area contributed by atoms with Crippen LogP contribution in [0.5, 0.6) is 0 Å². The number of amides is 1. The molecule has 3 nitrogen and oxygen atoms in total. The third kappa shape index (κ3) is 3.57. The van der Waals surface area contributed by atoms with Crippen LogP contribution in [0.4, 0.5) is 0 Å². The molecular weight excluding hydrogens is 236 g/mol. The number of carbonyl (C=O) groups excluding carboxylic acids is 1. The fourth-order valence-electron chi connectivity index (χ4n) is 2.69. The van der Waals surface area contributed by atoms with Crippen molar-refractivity contribution in [1.82, 2.24) is 10.2 Å². The molecule has 0 radical (unpaired) electrons. The largest absolute Gasteiger partial charge is 0.341 e. The number of nitrogens with one attached hydrogen (secondary N) is 1. The van der Waals surface area contributed by atoms with Gasteiger partial charge >= 0.3 is 0 Å². The number of rotatable bonds is 5. The van der Waals surface area contributed by atoms with E-state index in [1.54, 1.807) is 0 Å². The maximum Gasteiger partial charge on any atom is 0.239 e. The fraction of sp³-hybridized carbons (Fsp3) is 0.562. The first-order chi connectivity index (χ1) is 9.08. The molecule has 1 saturated heterocycles. The fourth-order valence-corrected chi connectivity index (χ4v) is 2.69. The van der Waals surface area contributed by atoms with Crippen LogP contribution in [0.15, 0.2) is 30.3 Å². The third-order valence-electron chi connectivity index (χ3n) is 3.69. The van der Waals surface area contributed by atoms with Crippen LogP contribution in [0.25, 0.3) is 0 Å². The molecule has 2 atom stereocenters. The number of carbonyl (C=O) groups is 1. The lowest BCUT2D eigenvalue weighted by atomic mass is 10.0. The molecule has 1 N–H and O–H groups in total. The average Bonchev–Trinajstić information content (AvgIpc) is 2.72. The van der Waals surface area contributed by atoms with Crippen LogP contribution in [0.2, 0.25) is 0 Å². The first-order valence-corrected chi connectivity index (χ1v) is 7.17. The summed E-state index contributed by atoms with van der Waals surface area (Å²) >= 11 is 0.